The van der Waals surface area contributed by atoms with E-state index in [1.54, 1.807) is 18.2 Å². The number of halogens is 1. The van der Waals surface area contributed by atoms with Crippen molar-refractivity contribution in [3.63, 3.8) is 0 Å². The van der Waals surface area contributed by atoms with Gasteiger partial charge >= 0.3 is 0 Å². The summed E-state index contributed by atoms with van der Waals surface area (Å²) in [6.07, 6.45) is 8.87. The molecule has 0 fully saturated rings. The first-order chi connectivity index (χ1) is 12.6. The van der Waals surface area contributed by atoms with Gasteiger partial charge in [-0.05, 0) is 36.4 Å². The summed E-state index contributed by atoms with van der Waals surface area (Å²) in [6.45, 7) is 0.418. The van der Waals surface area contributed by atoms with Gasteiger partial charge in [-0.1, -0.05) is 40.0 Å². The standard InChI is InChI=1S/C21H14BrN3O/c1-2-11-25-14-16(19-5-3-4-6-20(19)25)12-15(13-23)21(26)24-18-9-7-17(22)8-10-18/h1,3-10,12,14H,11H2,(H,24,26). The van der Waals surface area contributed by atoms with E-state index in [1.165, 1.54) is 0 Å². The Labute approximate surface area is 159 Å². The van der Waals surface area contributed by atoms with Gasteiger partial charge in [0.1, 0.15) is 11.6 Å². The molecule has 2 aromatic carbocycles. The molecule has 4 nitrogen and oxygen atoms in total. The van der Waals surface area contributed by atoms with Crippen molar-refractivity contribution >= 4 is 44.5 Å². The number of fused-ring (bicyclic) bond motifs is 1. The maximum atomic E-state index is 12.4. The van der Waals surface area contributed by atoms with Crippen molar-refractivity contribution in [3.8, 4) is 18.4 Å². The summed E-state index contributed by atoms with van der Waals surface area (Å²) in [5.74, 6) is 2.16. The topological polar surface area (TPSA) is 57.8 Å². The van der Waals surface area contributed by atoms with E-state index >= 15 is 0 Å². The molecule has 0 bridgehead atoms. The number of amides is 1. The fourth-order valence-electron chi connectivity index (χ4n) is 2.66. The molecule has 0 saturated heterocycles. The molecule has 1 N–H and O–H groups in total. The Morgan fingerprint density at radius 2 is 1.96 bits per heavy atom. The van der Waals surface area contributed by atoms with Crippen LogP contribution in [0, 0.1) is 23.7 Å². The quantitative estimate of drug-likeness (QED) is 0.393. The molecule has 0 saturated carbocycles. The SMILES string of the molecule is C#CCn1cc(C=C(C#N)C(=O)Nc2ccc(Br)cc2)c2ccccc21. The number of benzene rings is 2. The molecule has 0 aliphatic rings. The lowest BCUT2D eigenvalue weighted by Crippen LogP contribution is -2.13. The Morgan fingerprint density at radius 3 is 2.65 bits per heavy atom. The van der Waals surface area contributed by atoms with Crippen LogP contribution < -0.4 is 5.32 Å². The van der Waals surface area contributed by atoms with Crippen molar-refractivity contribution in [1.29, 1.82) is 5.26 Å². The van der Waals surface area contributed by atoms with Crippen molar-refractivity contribution in [2.24, 2.45) is 0 Å². The maximum absolute atomic E-state index is 12.4. The number of terminal acetylenes is 1. The van der Waals surface area contributed by atoms with Crippen LogP contribution in [0.4, 0.5) is 5.69 Å². The first-order valence-electron chi connectivity index (χ1n) is 7.82. The molecule has 0 aliphatic heterocycles. The molecule has 3 rings (SSSR count). The Morgan fingerprint density at radius 1 is 1.23 bits per heavy atom. The first-order valence-corrected chi connectivity index (χ1v) is 8.61. The van der Waals surface area contributed by atoms with E-state index in [0.717, 1.165) is 20.9 Å². The van der Waals surface area contributed by atoms with Gasteiger partial charge < -0.3 is 9.88 Å². The predicted octanol–water partition coefficient (Wildman–Crippen LogP) is 4.58. The number of anilines is 1. The largest absolute Gasteiger partial charge is 0.335 e. The minimum absolute atomic E-state index is 0.0246. The number of hydrogen-bond donors (Lipinski definition) is 1. The molecular weight excluding hydrogens is 390 g/mol. The summed E-state index contributed by atoms with van der Waals surface area (Å²) in [6, 6.07) is 16.9. The lowest BCUT2D eigenvalue weighted by atomic mass is 10.1. The van der Waals surface area contributed by atoms with E-state index in [-0.39, 0.29) is 5.57 Å². The van der Waals surface area contributed by atoms with Gasteiger partial charge in [0.25, 0.3) is 5.91 Å². The minimum Gasteiger partial charge on any atom is -0.335 e. The molecule has 126 valence electrons. The van der Waals surface area contributed by atoms with Crippen LogP contribution in [-0.2, 0) is 11.3 Å². The zero-order valence-electron chi connectivity index (χ0n) is 13.7. The van der Waals surface area contributed by atoms with Gasteiger partial charge in [0.15, 0.2) is 0 Å². The summed E-state index contributed by atoms with van der Waals surface area (Å²) in [5, 5.41) is 13.1. The summed E-state index contributed by atoms with van der Waals surface area (Å²) >= 11 is 3.34. The highest BCUT2D eigenvalue weighted by molar-refractivity contribution is 9.10. The summed E-state index contributed by atoms with van der Waals surface area (Å²) in [4.78, 5) is 12.4. The molecule has 0 aliphatic carbocycles. The van der Waals surface area contributed by atoms with Gasteiger partial charge in [-0.3, -0.25) is 4.79 Å². The monoisotopic (exact) mass is 403 g/mol. The van der Waals surface area contributed by atoms with Crippen LogP contribution in [0.2, 0.25) is 0 Å². The van der Waals surface area contributed by atoms with Crippen molar-refractivity contribution < 1.29 is 4.79 Å². The van der Waals surface area contributed by atoms with Gasteiger partial charge in [0.05, 0.1) is 6.54 Å². The average molecular weight is 404 g/mol. The molecule has 1 amide bonds. The number of nitriles is 1. The normalized spacial score (nSPS) is 11.0. The molecule has 5 heteroatoms. The second-order valence-corrected chi connectivity index (χ2v) is 6.48. The molecule has 1 aromatic heterocycles. The highest BCUT2D eigenvalue weighted by Gasteiger charge is 2.12. The number of para-hydroxylation sites is 1. The molecule has 1 heterocycles. The number of aromatic nitrogens is 1. The van der Waals surface area contributed by atoms with Crippen molar-refractivity contribution in [2.45, 2.75) is 6.54 Å². The van der Waals surface area contributed by atoms with Crippen LogP contribution in [0.15, 0.2) is 64.8 Å². The number of carbonyl (C=O) groups is 1. The number of hydrogen-bond acceptors (Lipinski definition) is 2. The molecule has 3 aromatic rings. The Balaban J connectivity index is 1.95. The number of rotatable bonds is 4. The molecule has 0 radical (unpaired) electrons. The summed E-state index contributed by atoms with van der Waals surface area (Å²) in [5.41, 5.74) is 2.38. The van der Waals surface area contributed by atoms with Gasteiger partial charge in [0, 0.05) is 32.8 Å². The molecule has 26 heavy (non-hydrogen) atoms. The Hall–Kier alpha value is -3.28. The maximum Gasteiger partial charge on any atom is 0.266 e. The third kappa shape index (κ3) is 3.69. The van der Waals surface area contributed by atoms with Gasteiger partial charge in [0.2, 0.25) is 0 Å². The Kier molecular flexibility index (Phi) is 5.22. The summed E-state index contributed by atoms with van der Waals surface area (Å²) in [7, 11) is 0. The molecule has 0 spiro atoms. The fourth-order valence-corrected chi connectivity index (χ4v) is 2.92. The van der Waals surface area contributed by atoms with E-state index < -0.39 is 5.91 Å². The van der Waals surface area contributed by atoms with Crippen LogP contribution in [0.1, 0.15) is 5.56 Å². The smallest absolute Gasteiger partial charge is 0.266 e. The van der Waals surface area contributed by atoms with E-state index in [1.807, 2.05) is 53.2 Å². The van der Waals surface area contributed by atoms with Crippen molar-refractivity contribution in [1.82, 2.24) is 4.57 Å². The van der Waals surface area contributed by atoms with Crippen LogP contribution in [-0.4, -0.2) is 10.5 Å². The highest BCUT2D eigenvalue weighted by atomic mass is 79.9. The second kappa shape index (κ2) is 7.74. The second-order valence-electron chi connectivity index (χ2n) is 5.56. The van der Waals surface area contributed by atoms with E-state index in [9.17, 15) is 10.1 Å². The molecule has 0 unspecified atom stereocenters. The lowest BCUT2D eigenvalue weighted by molar-refractivity contribution is -0.112. The van der Waals surface area contributed by atoms with E-state index in [2.05, 4.69) is 27.2 Å². The van der Waals surface area contributed by atoms with E-state index in [0.29, 0.717) is 12.2 Å². The predicted molar refractivity (Wildman–Crippen MR) is 107 cm³/mol. The van der Waals surface area contributed by atoms with Gasteiger partial charge in [-0.2, -0.15) is 5.26 Å². The van der Waals surface area contributed by atoms with Crippen molar-refractivity contribution in [3.05, 3.63) is 70.3 Å². The van der Waals surface area contributed by atoms with Crippen LogP contribution in [0.25, 0.3) is 17.0 Å². The first kappa shape index (κ1) is 17.5. The number of carbonyl (C=O) groups excluding carboxylic acids is 1. The van der Waals surface area contributed by atoms with Crippen LogP contribution >= 0.6 is 15.9 Å². The number of nitrogens with zero attached hydrogens (tertiary/aromatic N) is 2. The van der Waals surface area contributed by atoms with Crippen LogP contribution in [0.5, 0.6) is 0 Å². The minimum atomic E-state index is -0.455. The average Bonchev–Trinajstić information content (AvgIpc) is 2.99. The van der Waals surface area contributed by atoms with Crippen LogP contribution in [0.3, 0.4) is 0 Å². The zero-order chi connectivity index (χ0) is 18.5. The molecule has 0 atom stereocenters. The molecular formula is C21H14BrN3O. The summed E-state index contributed by atoms with van der Waals surface area (Å²) < 4.78 is 2.83. The van der Waals surface area contributed by atoms with Crippen molar-refractivity contribution in [2.75, 3.05) is 5.32 Å². The third-order valence-electron chi connectivity index (χ3n) is 3.85. The fraction of sp³-hybridized carbons (Fsp3) is 0.0476. The van der Waals surface area contributed by atoms with E-state index in [4.69, 9.17) is 6.42 Å². The van der Waals surface area contributed by atoms with Gasteiger partial charge in [-0.25, -0.2) is 0 Å². The Bertz CT molecular complexity index is 1080. The van der Waals surface area contributed by atoms with Gasteiger partial charge in [-0.15, -0.1) is 6.42 Å². The highest BCUT2D eigenvalue weighted by Crippen LogP contribution is 2.24. The number of nitrogens with one attached hydrogen (secondary N) is 1. The zero-order valence-corrected chi connectivity index (χ0v) is 15.3. The lowest BCUT2D eigenvalue weighted by Gasteiger charge is -2.04. The third-order valence-corrected chi connectivity index (χ3v) is 4.38.